The smallest absolute Gasteiger partial charge is 0.319 e. The number of halogens is 1. The predicted molar refractivity (Wildman–Crippen MR) is 169 cm³/mol. The molecule has 4 aliphatic heterocycles. The van der Waals surface area contributed by atoms with Crippen LogP contribution in [0.4, 0.5) is 10.2 Å². The molecule has 5 fully saturated rings. The molecular weight excluding hydrogens is 555 g/mol. The van der Waals surface area contributed by atoms with Gasteiger partial charge in [0.2, 0.25) is 0 Å². The summed E-state index contributed by atoms with van der Waals surface area (Å²) in [6.45, 7) is 5.29. The van der Waals surface area contributed by atoms with Crippen LogP contribution in [-0.4, -0.2) is 74.9 Å². The molecule has 5 atom stereocenters. The third-order valence-corrected chi connectivity index (χ3v) is 11.4. The lowest BCUT2D eigenvalue weighted by atomic mass is 9.90. The van der Waals surface area contributed by atoms with E-state index in [0.29, 0.717) is 41.5 Å². The summed E-state index contributed by atoms with van der Waals surface area (Å²) >= 11 is 0. The quantitative estimate of drug-likeness (QED) is 0.303. The molecule has 2 bridgehead atoms. The first-order chi connectivity index (χ1) is 21.5. The van der Waals surface area contributed by atoms with Crippen molar-refractivity contribution < 1.29 is 14.2 Å². The fourth-order valence-corrected chi connectivity index (χ4v) is 9.53. The number of rotatable bonds is 5. The minimum atomic E-state index is -0.514. The lowest BCUT2D eigenvalue weighted by molar-refractivity contribution is 0.0832. The Kier molecular flexibility index (Phi) is 6.08. The molecule has 44 heavy (non-hydrogen) atoms. The molecule has 2 unspecified atom stereocenters. The van der Waals surface area contributed by atoms with E-state index in [2.05, 4.69) is 20.1 Å². The van der Waals surface area contributed by atoms with Crippen LogP contribution in [0.5, 0.6) is 11.8 Å². The second kappa shape index (κ2) is 9.97. The Labute approximate surface area is 256 Å². The average Bonchev–Trinajstić information content (AvgIpc) is 3.77. The first kappa shape index (κ1) is 26.8. The van der Waals surface area contributed by atoms with Crippen molar-refractivity contribution in [1.82, 2.24) is 25.2 Å². The zero-order chi connectivity index (χ0) is 29.6. The Balaban J connectivity index is 1.16. The summed E-state index contributed by atoms with van der Waals surface area (Å²) in [5.41, 5.74) is 1.97. The predicted octanol–water partition coefficient (Wildman–Crippen LogP) is 5.72. The minimum Gasteiger partial charge on any atom is -0.508 e. The monoisotopic (exact) mass is 594 g/mol. The van der Waals surface area contributed by atoms with Crippen molar-refractivity contribution >= 4 is 27.5 Å². The number of aromatic hydroxyl groups is 1. The summed E-state index contributed by atoms with van der Waals surface area (Å²) in [6.07, 6.45) is 11.4. The third kappa shape index (κ3) is 4.11. The van der Waals surface area contributed by atoms with Gasteiger partial charge in [0, 0.05) is 43.0 Å². The fraction of sp³-hybridized carbons (Fsp3) is 0.514. The van der Waals surface area contributed by atoms with Crippen molar-refractivity contribution in [1.29, 1.82) is 0 Å². The summed E-state index contributed by atoms with van der Waals surface area (Å²) in [6, 6.07) is 10.9. The van der Waals surface area contributed by atoms with E-state index >= 15 is 4.39 Å². The highest BCUT2D eigenvalue weighted by molar-refractivity contribution is 6.01. The van der Waals surface area contributed by atoms with Gasteiger partial charge in [0.05, 0.1) is 10.9 Å². The fourth-order valence-electron chi connectivity index (χ4n) is 9.53. The van der Waals surface area contributed by atoms with Crippen molar-refractivity contribution in [2.75, 3.05) is 31.1 Å². The molecule has 0 radical (unpaired) electrons. The Bertz CT molecular complexity index is 1790. The van der Waals surface area contributed by atoms with E-state index in [1.807, 2.05) is 25.1 Å². The second-order valence-electron chi connectivity index (χ2n) is 14.0. The summed E-state index contributed by atoms with van der Waals surface area (Å²) in [5, 5.41) is 16.6. The maximum atomic E-state index is 16.8. The molecule has 8 nitrogen and oxygen atoms in total. The second-order valence-corrected chi connectivity index (χ2v) is 14.0. The number of nitrogens with zero attached hydrogens (tertiary/aromatic N) is 5. The summed E-state index contributed by atoms with van der Waals surface area (Å²) in [5.74, 6) is 1.02. The molecule has 228 valence electrons. The van der Waals surface area contributed by atoms with Crippen LogP contribution in [0.3, 0.4) is 0 Å². The molecule has 2 aromatic heterocycles. The van der Waals surface area contributed by atoms with Crippen LogP contribution in [0.15, 0.2) is 36.5 Å². The lowest BCUT2D eigenvalue weighted by Gasteiger charge is -2.35. The SMILES string of the molecule is Cc1cccc2cc(O)cc(-c3ncc4c(N5CC6CCC(C5)N6)nc(OC[C@]56CCCN5[C@H]5CCC[C@H]5C6)nc4c3F)c12. The molecule has 9 heteroatoms. The Morgan fingerprint density at radius 3 is 2.82 bits per heavy atom. The van der Waals surface area contributed by atoms with Crippen LogP contribution < -0.4 is 15.0 Å². The molecule has 1 aliphatic carbocycles. The number of anilines is 1. The van der Waals surface area contributed by atoms with Gasteiger partial charge in [-0.05, 0) is 92.8 Å². The number of fused-ring (bicyclic) bond motifs is 7. The van der Waals surface area contributed by atoms with E-state index in [0.717, 1.165) is 61.2 Å². The van der Waals surface area contributed by atoms with Crippen molar-refractivity contribution in [3.8, 4) is 23.0 Å². The average molecular weight is 595 g/mol. The van der Waals surface area contributed by atoms with Crippen molar-refractivity contribution in [2.45, 2.75) is 82.0 Å². The normalized spacial score (nSPS) is 29.5. The molecule has 6 heterocycles. The molecule has 5 aliphatic rings. The van der Waals surface area contributed by atoms with Gasteiger partial charge in [-0.25, -0.2) is 4.39 Å². The number of ether oxygens (including phenoxy) is 1. The topological polar surface area (TPSA) is 86.6 Å². The van der Waals surface area contributed by atoms with Crippen LogP contribution in [0.25, 0.3) is 32.9 Å². The molecular formula is C35H39FN6O2. The third-order valence-electron chi connectivity index (χ3n) is 11.4. The van der Waals surface area contributed by atoms with Gasteiger partial charge < -0.3 is 20.1 Å². The van der Waals surface area contributed by atoms with E-state index in [-0.39, 0.29) is 28.5 Å². The first-order valence-electron chi connectivity index (χ1n) is 16.5. The molecule has 4 aromatic rings. The summed E-state index contributed by atoms with van der Waals surface area (Å²) in [7, 11) is 0. The standard InChI is InChI=1S/C35H39FN6O2/c1-20-5-2-6-21-13-25(43)14-26(29(20)21)31-30(36)32-27(16-37-31)33(41-17-23-9-10-24(18-41)38-23)40-34(39-32)44-19-35-11-4-12-42(35)28-8-3-7-22(28)15-35/h2,5-6,13-14,16,22-24,28,38,43H,3-4,7-12,15,17-19H2,1H3/t22-,23?,24?,28-,35+/m0/s1. The molecule has 0 amide bonds. The number of phenolic OH excluding ortho intramolecular Hbond substituents is 1. The number of benzene rings is 2. The number of aryl methyl sites for hydroxylation is 1. The highest BCUT2D eigenvalue weighted by Gasteiger charge is 2.55. The zero-order valence-corrected chi connectivity index (χ0v) is 25.2. The minimum absolute atomic E-state index is 0.0301. The molecule has 2 aromatic carbocycles. The molecule has 1 saturated carbocycles. The van der Waals surface area contributed by atoms with Crippen LogP contribution in [0, 0.1) is 18.7 Å². The highest BCUT2D eigenvalue weighted by atomic mass is 19.1. The highest BCUT2D eigenvalue weighted by Crippen LogP contribution is 2.51. The van der Waals surface area contributed by atoms with Crippen molar-refractivity contribution in [2.24, 2.45) is 5.92 Å². The molecule has 2 N–H and O–H groups in total. The molecule has 9 rings (SSSR count). The number of nitrogens with one attached hydrogen (secondary N) is 1. The van der Waals surface area contributed by atoms with Gasteiger partial charge in [-0.3, -0.25) is 9.88 Å². The van der Waals surface area contributed by atoms with Crippen LogP contribution in [0.2, 0.25) is 0 Å². The van der Waals surface area contributed by atoms with E-state index in [1.165, 1.54) is 32.1 Å². The van der Waals surface area contributed by atoms with Gasteiger partial charge in [-0.15, -0.1) is 0 Å². The van der Waals surface area contributed by atoms with Crippen molar-refractivity contribution in [3.63, 3.8) is 0 Å². The van der Waals surface area contributed by atoms with Gasteiger partial charge in [-0.2, -0.15) is 9.97 Å². The maximum Gasteiger partial charge on any atom is 0.319 e. The van der Waals surface area contributed by atoms with Gasteiger partial charge >= 0.3 is 6.01 Å². The number of hydrogen-bond acceptors (Lipinski definition) is 8. The number of aromatic nitrogens is 3. The lowest BCUT2D eigenvalue weighted by Crippen LogP contribution is -2.51. The van der Waals surface area contributed by atoms with E-state index < -0.39 is 5.82 Å². The molecule has 0 spiro atoms. The first-order valence-corrected chi connectivity index (χ1v) is 16.5. The number of hydrogen-bond donors (Lipinski definition) is 2. The Morgan fingerprint density at radius 2 is 1.95 bits per heavy atom. The Hall–Kier alpha value is -3.56. The van der Waals surface area contributed by atoms with Crippen LogP contribution in [-0.2, 0) is 0 Å². The van der Waals surface area contributed by atoms with Gasteiger partial charge in [0.1, 0.15) is 29.4 Å². The largest absolute Gasteiger partial charge is 0.508 e. The number of pyridine rings is 1. The number of piperazine rings is 1. The summed E-state index contributed by atoms with van der Waals surface area (Å²) in [4.78, 5) is 19.4. The van der Waals surface area contributed by atoms with Crippen molar-refractivity contribution in [3.05, 3.63) is 47.9 Å². The van der Waals surface area contributed by atoms with Crippen LogP contribution in [0.1, 0.15) is 56.9 Å². The zero-order valence-electron chi connectivity index (χ0n) is 25.2. The summed E-state index contributed by atoms with van der Waals surface area (Å²) < 4.78 is 23.4. The van der Waals surface area contributed by atoms with E-state index in [4.69, 9.17) is 14.7 Å². The Morgan fingerprint density at radius 1 is 1.09 bits per heavy atom. The van der Waals surface area contributed by atoms with Crippen LogP contribution >= 0.6 is 0 Å². The van der Waals surface area contributed by atoms with Gasteiger partial charge in [0.25, 0.3) is 0 Å². The van der Waals surface area contributed by atoms with E-state index in [1.54, 1.807) is 18.3 Å². The van der Waals surface area contributed by atoms with Gasteiger partial charge in [0.15, 0.2) is 5.82 Å². The van der Waals surface area contributed by atoms with Gasteiger partial charge in [-0.1, -0.05) is 24.6 Å². The van der Waals surface area contributed by atoms with E-state index in [9.17, 15) is 5.11 Å². The number of phenols is 1. The maximum absolute atomic E-state index is 16.8. The molecule has 4 saturated heterocycles.